The summed E-state index contributed by atoms with van der Waals surface area (Å²) in [6, 6.07) is 0. The maximum Gasteiger partial charge on any atom is 0.111 e. The van der Waals surface area contributed by atoms with Crippen LogP contribution in [0.5, 0.6) is 0 Å². The second-order valence-electron chi connectivity index (χ2n) is 3.48. The summed E-state index contributed by atoms with van der Waals surface area (Å²) in [7, 11) is 0. The lowest BCUT2D eigenvalue weighted by Gasteiger charge is -2.25. The lowest BCUT2D eigenvalue weighted by Crippen LogP contribution is -2.38. The third kappa shape index (κ3) is 3.49. The Balaban J connectivity index is 2.11. The Morgan fingerprint density at radius 3 is 2.14 bits per heavy atom. The molecule has 1 aliphatic rings. The van der Waals surface area contributed by atoms with Gasteiger partial charge in [-0.2, -0.15) is 0 Å². The molecule has 0 saturated carbocycles. The van der Waals surface area contributed by atoms with E-state index >= 15 is 0 Å². The highest BCUT2D eigenvalue weighted by molar-refractivity contribution is 4.75. The molecule has 0 bridgehead atoms. The fraction of sp³-hybridized carbons (Fsp3) is 1.00. The highest BCUT2D eigenvalue weighted by atomic mass is 17.2. The third-order valence-electron chi connectivity index (χ3n) is 2.11. The monoisotopic (exact) mass is 208 g/mol. The van der Waals surface area contributed by atoms with Crippen molar-refractivity contribution in [3.8, 4) is 0 Å². The minimum atomic E-state index is -1.04. The second kappa shape index (κ2) is 5.59. The van der Waals surface area contributed by atoms with Crippen LogP contribution < -0.4 is 0 Å². The molecule has 0 spiro atoms. The minimum Gasteiger partial charge on any atom is -0.396 e. The van der Waals surface area contributed by atoms with E-state index < -0.39 is 5.41 Å². The van der Waals surface area contributed by atoms with Crippen molar-refractivity contribution in [2.24, 2.45) is 5.41 Å². The van der Waals surface area contributed by atoms with Gasteiger partial charge in [-0.15, -0.1) is 0 Å². The van der Waals surface area contributed by atoms with Crippen molar-refractivity contribution in [1.82, 2.24) is 0 Å². The van der Waals surface area contributed by atoms with Crippen molar-refractivity contribution < 1.29 is 29.8 Å². The van der Waals surface area contributed by atoms with Crippen LogP contribution in [-0.2, 0) is 14.5 Å². The Morgan fingerprint density at radius 1 is 1.14 bits per heavy atom. The van der Waals surface area contributed by atoms with Crippen LogP contribution in [-0.4, -0.2) is 61.1 Å². The van der Waals surface area contributed by atoms with E-state index in [9.17, 15) is 0 Å². The highest BCUT2D eigenvalue weighted by Gasteiger charge is 2.30. The summed E-state index contributed by atoms with van der Waals surface area (Å²) < 4.78 is 4.87. The van der Waals surface area contributed by atoms with E-state index in [0.29, 0.717) is 13.2 Å². The first-order chi connectivity index (χ1) is 6.76. The summed E-state index contributed by atoms with van der Waals surface area (Å²) in [6.45, 7) is -0.119. The number of aliphatic hydroxyl groups is 3. The van der Waals surface area contributed by atoms with Crippen LogP contribution in [0.3, 0.4) is 0 Å². The molecule has 14 heavy (non-hydrogen) atoms. The second-order valence-corrected chi connectivity index (χ2v) is 3.48. The van der Waals surface area contributed by atoms with Crippen molar-refractivity contribution in [1.29, 1.82) is 0 Å². The first-order valence-corrected chi connectivity index (χ1v) is 4.45. The van der Waals surface area contributed by atoms with E-state index in [4.69, 9.17) is 29.8 Å². The summed E-state index contributed by atoms with van der Waals surface area (Å²) in [5.41, 5.74) is -1.04. The Kier molecular flexibility index (Phi) is 4.73. The first kappa shape index (κ1) is 11.8. The molecular weight excluding hydrogens is 192 g/mol. The zero-order valence-electron chi connectivity index (χ0n) is 7.89. The van der Waals surface area contributed by atoms with Crippen LogP contribution in [0.15, 0.2) is 0 Å². The van der Waals surface area contributed by atoms with Crippen LogP contribution in [0.25, 0.3) is 0 Å². The Bertz CT molecular complexity index is 146. The molecule has 1 saturated heterocycles. The lowest BCUT2D eigenvalue weighted by molar-refractivity contribution is -0.317. The molecule has 0 radical (unpaired) electrons. The van der Waals surface area contributed by atoms with E-state index in [1.54, 1.807) is 0 Å². The zero-order chi connectivity index (χ0) is 10.4. The van der Waals surface area contributed by atoms with Gasteiger partial charge in [0.1, 0.15) is 12.7 Å². The maximum absolute atomic E-state index is 8.92. The predicted molar refractivity (Wildman–Crippen MR) is 45.3 cm³/mol. The molecule has 0 aromatic carbocycles. The molecular formula is C8H16O6. The third-order valence-corrected chi connectivity index (χ3v) is 2.11. The van der Waals surface area contributed by atoms with E-state index in [2.05, 4.69) is 0 Å². The fourth-order valence-electron chi connectivity index (χ4n) is 0.742. The van der Waals surface area contributed by atoms with E-state index in [1.165, 1.54) is 0 Å². The number of epoxide rings is 1. The quantitative estimate of drug-likeness (QED) is 0.190. The van der Waals surface area contributed by atoms with Gasteiger partial charge in [-0.05, 0) is 0 Å². The minimum absolute atomic E-state index is 0.0524. The molecule has 0 aromatic heterocycles. The van der Waals surface area contributed by atoms with Gasteiger partial charge < -0.3 is 20.1 Å². The summed E-state index contributed by atoms with van der Waals surface area (Å²) in [6.07, 6.45) is 0.0989. The van der Waals surface area contributed by atoms with Gasteiger partial charge in [0.2, 0.25) is 0 Å². The predicted octanol–water partition coefficient (Wildman–Crippen LogP) is -1.70. The molecule has 1 heterocycles. The van der Waals surface area contributed by atoms with Crippen molar-refractivity contribution in [3.63, 3.8) is 0 Å². The van der Waals surface area contributed by atoms with Crippen molar-refractivity contribution in [2.75, 3.05) is 39.6 Å². The average molecular weight is 208 g/mol. The first-order valence-electron chi connectivity index (χ1n) is 4.45. The number of rotatable bonds is 8. The standard InChI is InChI=1S/C8H16O6/c9-3-8(4-10,5-11)6-14-13-2-7-1-12-7/h7,9-11H,1-6H2. The lowest BCUT2D eigenvalue weighted by atomic mass is 9.93. The number of ether oxygens (including phenoxy) is 1. The number of hydrogen-bond donors (Lipinski definition) is 3. The number of hydrogen-bond acceptors (Lipinski definition) is 6. The van der Waals surface area contributed by atoms with Crippen LogP contribution in [0.2, 0.25) is 0 Å². The van der Waals surface area contributed by atoms with Gasteiger partial charge in [0.25, 0.3) is 0 Å². The molecule has 6 nitrogen and oxygen atoms in total. The van der Waals surface area contributed by atoms with Crippen molar-refractivity contribution in [3.05, 3.63) is 0 Å². The Morgan fingerprint density at radius 2 is 1.71 bits per heavy atom. The van der Waals surface area contributed by atoms with Gasteiger partial charge in [-0.3, -0.25) is 0 Å². The van der Waals surface area contributed by atoms with Crippen LogP contribution in [0.4, 0.5) is 0 Å². The van der Waals surface area contributed by atoms with Crippen molar-refractivity contribution in [2.45, 2.75) is 6.10 Å². The maximum atomic E-state index is 8.92. The van der Waals surface area contributed by atoms with Gasteiger partial charge in [0.15, 0.2) is 0 Å². The molecule has 1 rings (SSSR count). The molecule has 0 amide bonds. The molecule has 1 fully saturated rings. The average Bonchev–Trinajstić information content (AvgIpc) is 3.03. The topological polar surface area (TPSA) is 91.7 Å². The van der Waals surface area contributed by atoms with Gasteiger partial charge >= 0.3 is 0 Å². The van der Waals surface area contributed by atoms with E-state index in [1.807, 2.05) is 0 Å². The molecule has 1 atom stereocenters. The number of aliphatic hydroxyl groups excluding tert-OH is 3. The molecule has 0 aliphatic carbocycles. The van der Waals surface area contributed by atoms with Crippen LogP contribution in [0.1, 0.15) is 0 Å². The fourth-order valence-corrected chi connectivity index (χ4v) is 0.742. The summed E-state index contributed by atoms with van der Waals surface area (Å²) in [5.74, 6) is 0. The SMILES string of the molecule is OCC(CO)(CO)COOCC1CO1. The molecule has 3 N–H and O–H groups in total. The van der Waals surface area contributed by atoms with Gasteiger partial charge in [0, 0.05) is 0 Å². The summed E-state index contributed by atoms with van der Waals surface area (Å²) >= 11 is 0. The van der Waals surface area contributed by atoms with Gasteiger partial charge in [-0.1, -0.05) is 0 Å². The molecule has 84 valence electrons. The normalized spacial score (nSPS) is 21.2. The molecule has 1 unspecified atom stereocenters. The molecule has 6 heteroatoms. The summed E-state index contributed by atoms with van der Waals surface area (Å²) in [5, 5.41) is 26.8. The largest absolute Gasteiger partial charge is 0.396 e. The van der Waals surface area contributed by atoms with Crippen molar-refractivity contribution >= 4 is 0 Å². The van der Waals surface area contributed by atoms with Gasteiger partial charge in [-0.25, -0.2) is 9.78 Å². The van der Waals surface area contributed by atoms with Gasteiger partial charge in [0.05, 0.1) is 38.4 Å². The zero-order valence-corrected chi connectivity index (χ0v) is 7.89. The smallest absolute Gasteiger partial charge is 0.111 e. The van der Waals surface area contributed by atoms with Crippen LogP contribution >= 0.6 is 0 Å². The van der Waals surface area contributed by atoms with E-state index in [0.717, 1.165) is 0 Å². The molecule has 1 aliphatic heterocycles. The molecule has 0 aromatic rings. The summed E-state index contributed by atoms with van der Waals surface area (Å²) in [4.78, 5) is 9.52. The van der Waals surface area contributed by atoms with Crippen LogP contribution in [0, 0.1) is 5.41 Å². The highest BCUT2D eigenvalue weighted by Crippen LogP contribution is 2.16. The van der Waals surface area contributed by atoms with E-state index in [-0.39, 0.29) is 32.5 Å². The Labute approximate surface area is 81.9 Å². The Hall–Kier alpha value is -0.240.